The molecule has 0 radical (unpaired) electrons. The fourth-order valence-corrected chi connectivity index (χ4v) is 0.984. The van der Waals surface area contributed by atoms with Crippen molar-refractivity contribution in [1.82, 2.24) is 10.2 Å². The third kappa shape index (κ3) is 4.31. The molecule has 0 aliphatic heterocycles. The summed E-state index contributed by atoms with van der Waals surface area (Å²) >= 11 is 0. The van der Waals surface area contributed by atoms with Crippen LogP contribution in [0.15, 0.2) is 0 Å². The number of likely N-dealkylation sites (N-methyl/N-ethyl adjacent to an activating group) is 2. The van der Waals surface area contributed by atoms with Gasteiger partial charge in [0.25, 0.3) is 0 Å². The number of nitrogens with zero attached hydrogens (tertiary/aromatic N) is 1. The molecule has 0 unspecified atom stereocenters. The second-order valence-electron chi connectivity index (χ2n) is 2.58. The third-order valence-electron chi connectivity index (χ3n) is 1.65. The van der Waals surface area contributed by atoms with Crippen molar-refractivity contribution in [2.24, 2.45) is 0 Å². The van der Waals surface area contributed by atoms with Crippen LogP contribution in [0.2, 0.25) is 0 Å². The molecule has 0 aliphatic carbocycles. The summed E-state index contributed by atoms with van der Waals surface area (Å²) in [5, 5.41) is 11.4. The number of aliphatic hydroxyl groups is 1. The van der Waals surface area contributed by atoms with Crippen molar-refractivity contribution in [3.05, 3.63) is 0 Å². The van der Waals surface area contributed by atoms with Gasteiger partial charge >= 0.3 is 0 Å². The highest BCUT2D eigenvalue weighted by Gasteiger charge is 2.08. The molecule has 0 rings (SSSR count). The van der Waals surface area contributed by atoms with E-state index in [0.29, 0.717) is 26.1 Å². The maximum Gasteiger partial charge on any atom is 0.236 e. The number of nitrogens with one attached hydrogen (secondary N) is 1. The molecule has 72 valence electrons. The van der Waals surface area contributed by atoms with E-state index in [4.69, 9.17) is 5.11 Å². The second kappa shape index (κ2) is 7.06. The quantitative estimate of drug-likeness (QED) is 0.567. The Bertz CT molecular complexity index is 128. The number of carbonyl (C=O) groups excluding carboxylic acids is 1. The van der Waals surface area contributed by atoms with E-state index in [1.165, 1.54) is 0 Å². The van der Waals surface area contributed by atoms with Crippen molar-refractivity contribution in [3.63, 3.8) is 0 Å². The largest absolute Gasteiger partial charge is 0.396 e. The number of amides is 1. The van der Waals surface area contributed by atoms with Gasteiger partial charge in [0.2, 0.25) is 5.91 Å². The van der Waals surface area contributed by atoms with Crippen LogP contribution in [0.25, 0.3) is 0 Å². The lowest BCUT2D eigenvalue weighted by atomic mass is 10.3. The SMILES string of the molecule is CCN(CCCO)C(=O)CNC. The first kappa shape index (κ1) is 11.4. The highest BCUT2D eigenvalue weighted by Crippen LogP contribution is 1.91. The fourth-order valence-electron chi connectivity index (χ4n) is 0.984. The summed E-state index contributed by atoms with van der Waals surface area (Å²) in [5.74, 6) is 0.0912. The van der Waals surface area contributed by atoms with Gasteiger partial charge < -0.3 is 15.3 Å². The number of rotatable bonds is 6. The molecule has 4 heteroatoms. The highest BCUT2D eigenvalue weighted by molar-refractivity contribution is 5.78. The lowest BCUT2D eigenvalue weighted by Gasteiger charge is -2.19. The molecule has 12 heavy (non-hydrogen) atoms. The van der Waals surface area contributed by atoms with E-state index in [1.807, 2.05) is 6.92 Å². The van der Waals surface area contributed by atoms with Crippen LogP contribution in [-0.2, 0) is 4.79 Å². The fraction of sp³-hybridized carbons (Fsp3) is 0.875. The molecule has 0 aromatic rings. The molecule has 4 nitrogen and oxygen atoms in total. The minimum absolute atomic E-state index is 0.0912. The maximum absolute atomic E-state index is 11.3. The Hall–Kier alpha value is -0.610. The maximum atomic E-state index is 11.3. The van der Waals surface area contributed by atoms with Gasteiger partial charge in [0.15, 0.2) is 0 Å². The van der Waals surface area contributed by atoms with Gasteiger partial charge in [0.1, 0.15) is 0 Å². The molecule has 1 amide bonds. The van der Waals surface area contributed by atoms with E-state index in [2.05, 4.69) is 5.32 Å². The number of hydrogen-bond donors (Lipinski definition) is 2. The summed E-state index contributed by atoms with van der Waals surface area (Å²) in [5.41, 5.74) is 0. The smallest absolute Gasteiger partial charge is 0.236 e. The summed E-state index contributed by atoms with van der Waals surface area (Å²) < 4.78 is 0. The van der Waals surface area contributed by atoms with Crippen LogP contribution in [-0.4, -0.2) is 49.2 Å². The average Bonchev–Trinajstić information content (AvgIpc) is 2.06. The summed E-state index contributed by atoms with van der Waals surface area (Å²) in [6, 6.07) is 0. The Morgan fingerprint density at radius 1 is 1.58 bits per heavy atom. The Kier molecular flexibility index (Phi) is 6.70. The van der Waals surface area contributed by atoms with E-state index in [1.54, 1.807) is 11.9 Å². The second-order valence-corrected chi connectivity index (χ2v) is 2.58. The predicted octanol–water partition coefficient (Wildman–Crippen LogP) is -0.563. The predicted molar refractivity (Wildman–Crippen MR) is 47.9 cm³/mol. The molecular formula is C8H18N2O2. The molecular weight excluding hydrogens is 156 g/mol. The van der Waals surface area contributed by atoms with Crippen LogP contribution in [0.4, 0.5) is 0 Å². The van der Waals surface area contributed by atoms with Gasteiger partial charge in [-0.2, -0.15) is 0 Å². The van der Waals surface area contributed by atoms with Gasteiger partial charge in [-0.15, -0.1) is 0 Å². The van der Waals surface area contributed by atoms with Gasteiger partial charge in [-0.3, -0.25) is 4.79 Å². The van der Waals surface area contributed by atoms with Gasteiger partial charge in [-0.05, 0) is 20.4 Å². The van der Waals surface area contributed by atoms with Gasteiger partial charge in [0, 0.05) is 19.7 Å². The van der Waals surface area contributed by atoms with Crippen molar-refractivity contribution in [1.29, 1.82) is 0 Å². The van der Waals surface area contributed by atoms with Crippen LogP contribution in [0, 0.1) is 0 Å². The van der Waals surface area contributed by atoms with E-state index in [-0.39, 0.29) is 12.5 Å². The van der Waals surface area contributed by atoms with E-state index in [0.717, 1.165) is 0 Å². The molecule has 0 aromatic heterocycles. The molecule has 0 heterocycles. The van der Waals surface area contributed by atoms with Crippen molar-refractivity contribution < 1.29 is 9.90 Å². The minimum Gasteiger partial charge on any atom is -0.396 e. The van der Waals surface area contributed by atoms with Crippen LogP contribution in [0.5, 0.6) is 0 Å². The van der Waals surface area contributed by atoms with Crippen molar-refractivity contribution >= 4 is 5.91 Å². The molecule has 0 aliphatic rings. The third-order valence-corrected chi connectivity index (χ3v) is 1.65. The van der Waals surface area contributed by atoms with E-state index < -0.39 is 0 Å². The number of aliphatic hydroxyl groups excluding tert-OH is 1. The molecule has 0 saturated carbocycles. The number of hydrogen-bond acceptors (Lipinski definition) is 3. The van der Waals surface area contributed by atoms with E-state index >= 15 is 0 Å². The Morgan fingerprint density at radius 3 is 2.67 bits per heavy atom. The zero-order valence-corrected chi connectivity index (χ0v) is 7.84. The molecule has 0 spiro atoms. The summed E-state index contributed by atoms with van der Waals surface area (Å²) in [6.07, 6.45) is 0.656. The minimum atomic E-state index is 0.0912. The number of carbonyl (C=O) groups is 1. The van der Waals surface area contributed by atoms with Gasteiger partial charge in [-0.1, -0.05) is 0 Å². The topological polar surface area (TPSA) is 52.6 Å². The molecule has 0 fully saturated rings. The van der Waals surface area contributed by atoms with Crippen molar-refractivity contribution in [2.75, 3.05) is 33.3 Å². The summed E-state index contributed by atoms with van der Waals surface area (Å²) in [4.78, 5) is 13.0. The summed E-state index contributed by atoms with van der Waals surface area (Å²) in [7, 11) is 1.75. The zero-order valence-electron chi connectivity index (χ0n) is 7.84. The average molecular weight is 174 g/mol. The first-order valence-electron chi connectivity index (χ1n) is 4.29. The lowest BCUT2D eigenvalue weighted by molar-refractivity contribution is -0.130. The first-order chi connectivity index (χ1) is 5.76. The normalized spacial score (nSPS) is 9.92. The molecule has 0 saturated heterocycles. The first-order valence-corrected chi connectivity index (χ1v) is 4.29. The Labute approximate surface area is 73.6 Å². The van der Waals surface area contributed by atoms with Crippen LogP contribution >= 0.6 is 0 Å². The Balaban J connectivity index is 3.71. The molecule has 0 atom stereocenters. The monoisotopic (exact) mass is 174 g/mol. The molecule has 0 aromatic carbocycles. The van der Waals surface area contributed by atoms with Crippen LogP contribution in [0.1, 0.15) is 13.3 Å². The van der Waals surface area contributed by atoms with E-state index in [9.17, 15) is 4.79 Å². The lowest BCUT2D eigenvalue weighted by Crippen LogP contribution is -2.37. The summed E-state index contributed by atoms with van der Waals surface area (Å²) in [6.45, 7) is 3.81. The van der Waals surface area contributed by atoms with Crippen LogP contribution < -0.4 is 5.32 Å². The van der Waals surface area contributed by atoms with Gasteiger partial charge in [0.05, 0.1) is 6.54 Å². The molecule has 0 bridgehead atoms. The van der Waals surface area contributed by atoms with Crippen molar-refractivity contribution in [3.8, 4) is 0 Å². The van der Waals surface area contributed by atoms with Gasteiger partial charge in [-0.25, -0.2) is 0 Å². The standard InChI is InChI=1S/C8H18N2O2/c1-3-10(5-4-6-11)8(12)7-9-2/h9,11H,3-7H2,1-2H3. The Morgan fingerprint density at radius 2 is 2.25 bits per heavy atom. The zero-order chi connectivity index (χ0) is 9.40. The van der Waals surface area contributed by atoms with Crippen LogP contribution in [0.3, 0.4) is 0 Å². The highest BCUT2D eigenvalue weighted by atomic mass is 16.3. The van der Waals surface area contributed by atoms with Crippen molar-refractivity contribution in [2.45, 2.75) is 13.3 Å². The molecule has 2 N–H and O–H groups in total.